The zero-order chi connectivity index (χ0) is 11.4. The molecule has 0 fully saturated rings. The Morgan fingerprint density at radius 2 is 2.20 bits per heavy atom. The summed E-state index contributed by atoms with van der Waals surface area (Å²) in [6.45, 7) is 1.72. The molecular formula is C11H11BrO3. The Bertz CT molecular complexity index is 385. The summed E-state index contributed by atoms with van der Waals surface area (Å²) < 4.78 is 5.01. The number of hydrogen-bond donors (Lipinski definition) is 0. The molecule has 0 heterocycles. The van der Waals surface area contributed by atoms with E-state index < -0.39 is 0 Å². The average Bonchev–Trinajstić information content (AvgIpc) is 2.26. The van der Waals surface area contributed by atoms with Crippen LogP contribution in [0.4, 0.5) is 0 Å². The Hall–Kier alpha value is -1.16. The molecule has 0 spiro atoms. The highest BCUT2D eigenvalue weighted by Gasteiger charge is 2.18. The number of Topliss-reactive ketones (excluding diaryl/α,β-unsaturated/α-hetero) is 1. The van der Waals surface area contributed by atoms with Crippen LogP contribution in [0, 0.1) is 0 Å². The first-order valence-corrected chi connectivity index (χ1v) is 5.33. The van der Waals surface area contributed by atoms with Gasteiger partial charge >= 0.3 is 0 Å². The minimum Gasteiger partial charge on any atom is -0.496 e. The summed E-state index contributed by atoms with van der Waals surface area (Å²) in [6, 6.07) is 4.96. The van der Waals surface area contributed by atoms with Crippen LogP contribution in [0.2, 0.25) is 0 Å². The maximum Gasteiger partial charge on any atom is 0.177 e. The maximum absolute atomic E-state index is 11.7. The van der Waals surface area contributed by atoms with Crippen LogP contribution in [0.3, 0.4) is 0 Å². The molecule has 80 valence electrons. The smallest absolute Gasteiger partial charge is 0.177 e. The molecule has 1 rings (SSSR count). The molecule has 0 saturated carbocycles. The number of ketones is 1. The van der Waals surface area contributed by atoms with Crippen LogP contribution in [0.25, 0.3) is 0 Å². The van der Waals surface area contributed by atoms with Gasteiger partial charge in [0.05, 0.1) is 17.5 Å². The fourth-order valence-electron chi connectivity index (χ4n) is 1.27. The first-order chi connectivity index (χ1) is 7.11. The van der Waals surface area contributed by atoms with E-state index in [1.807, 2.05) is 0 Å². The van der Waals surface area contributed by atoms with Gasteiger partial charge in [-0.25, -0.2) is 0 Å². The Labute approximate surface area is 96.6 Å². The molecule has 0 saturated heterocycles. The molecule has 0 radical (unpaired) electrons. The molecule has 15 heavy (non-hydrogen) atoms. The molecule has 1 aromatic carbocycles. The van der Waals surface area contributed by atoms with Gasteiger partial charge in [-0.05, 0) is 13.0 Å². The lowest BCUT2D eigenvalue weighted by atomic mass is 10.0. The Kier molecular flexibility index (Phi) is 4.03. The predicted octanol–water partition coefficient (Wildman–Crippen LogP) is 2.47. The van der Waals surface area contributed by atoms with Gasteiger partial charge in [0.2, 0.25) is 0 Å². The van der Waals surface area contributed by atoms with E-state index in [4.69, 9.17) is 4.74 Å². The number of hydrogen-bond acceptors (Lipinski definition) is 3. The maximum atomic E-state index is 11.7. The normalized spacial score (nSPS) is 11.9. The van der Waals surface area contributed by atoms with Gasteiger partial charge in [0.15, 0.2) is 12.1 Å². The van der Waals surface area contributed by atoms with Crippen LogP contribution in [0.1, 0.15) is 27.6 Å². The van der Waals surface area contributed by atoms with Crippen molar-refractivity contribution in [3.63, 3.8) is 0 Å². The summed E-state index contributed by atoms with van der Waals surface area (Å²) >= 11 is 3.18. The van der Waals surface area contributed by atoms with E-state index in [1.54, 1.807) is 25.1 Å². The fraction of sp³-hybridized carbons (Fsp3) is 0.273. The molecule has 1 atom stereocenters. The number of rotatable bonds is 4. The number of carbonyl (C=O) groups excluding carboxylic acids is 2. The number of methoxy groups -OCH3 is 1. The van der Waals surface area contributed by atoms with Crippen molar-refractivity contribution in [1.82, 2.24) is 0 Å². The number of ether oxygens (including phenoxy) is 1. The predicted molar refractivity (Wildman–Crippen MR) is 61.1 cm³/mol. The quantitative estimate of drug-likeness (QED) is 0.480. The highest BCUT2D eigenvalue weighted by Crippen LogP contribution is 2.22. The highest BCUT2D eigenvalue weighted by molar-refractivity contribution is 9.10. The standard InChI is InChI=1S/C11H11BrO3/c1-7(12)11(14)8-4-3-5-10(15-2)9(8)6-13/h3-7H,1-2H3. The Balaban J connectivity index is 3.29. The molecule has 0 aliphatic heterocycles. The second kappa shape index (κ2) is 5.07. The summed E-state index contributed by atoms with van der Waals surface area (Å²) in [4.78, 5) is 22.3. The van der Waals surface area contributed by atoms with Crippen molar-refractivity contribution >= 4 is 28.0 Å². The van der Waals surface area contributed by atoms with E-state index in [0.717, 1.165) is 0 Å². The van der Waals surface area contributed by atoms with Gasteiger partial charge in [-0.2, -0.15) is 0 Å². The molecule has 0 amide bonds. The summed E-state index contributed by atoms with van der Waals surface area (Å²) in [7, 11) is 1.47. The zero-order valence-electron chi connectivity index (χ0n) is 8.49. The molecule has 0 aromatic heterocycles. The largest absolute Gasteiger partial charge is 0.496 e. The minimum absolute atomic E-state index is 0.129. The van der Waals surface area contributed by atoms with Gasteiger partial charge in [0.25, 0.3) is 0 Å². The lowest BCUT2D eigenvalue weighted by Gasteiger charge is -2.09. The van der Waals surface area contributed by atoms with Crippen LogP contribution < -0.4 is 4.74 Å². The van der Waals surface area contributed by atoms with Crippen LogP contribution >= 0.6 is 15.9 Å². The lowest BCUT2D eigenvalue weighted by molar-refractivity contribution is 0.0988. The zero-order valence-corrected chi connectivity index (χ0v) is 10.1. The van der Waals surface area contributed by atoms with Crippen LogP contribution in [-0.2, 0) is 0 Å². The third-order valence-electron chi connectivity index (χ3n) is 2.03. The van der Waals surface area contributed by atoms with Gasteiger partial charge in [-0.3, -0.25) is 9.59 Å². The van der Waals surface area contributed by atoms with Crippen molar-refractivity contribution in [2.75, 3.05) is 7.11 Å². The summed E-state index contributed by atoms with van der Waals surface area (Å²) in [5.41, 5.74) is 0.685. The molecule has 0 aliphatic carbocycles. The lowest BCUT2D eigenvalue weighted by Crippen LogP contribution is -2.13. The minimum atomic E-state index is -0.316. The van der Waals surface area contributed by atoms with Crippen LogP contribution in [0.5, 0.6) is 5.75 Å². The molecule has 0 N–H and O–H groups in total. The van der Waals surface area contributed by atoms with Crippen molar-refractivity contribution in [2.45, 2.75) is 11.8 Å². The van der Waals surface area contributed by atoms with E-state index in [-0.39, 0.29) is 10.6 Å². The summed E-state index contributed by atoms with van der Waals surface area (Å²) in [6.07, 6.45) is 0.640. The second-order valence-corrected chi connectivity index (χ2v) is 4.39. The van der Waals surface area contributed by atoms with Gasteiger partial charge in [0, 0.05) is 5.56 Å². The Morgan fingerprint density at radius 1 is 1.53 bits per heavy atom. The molecule has 0 aliphatic rings. The van der Waals surface area contributed by atoms with E-state index >= 15 is 0 Å². The van der Waals surface area contributed by atoms with Gasteiger partial charge in [-0.1, -0.05) is 28.1 Å². The third-order valence-corrected chi connectivity index (χ3v) is 2.45. The third kappa shape index (κ3) is 2.45. The van der Waals surface area contributed by atoms with E-state index in [2.05, 4.69) is 15.9 Å². The SMILES string of the molecule is COc1cccc(C(=O)C(C)Br)c1C=O. The van der Waals surface area contributed by atoms with Gasteiger partial charge in [0.1, 0.15) is 5.75 Å². The van der Waals surface area contributed by atoms with E-state index in [1.165, 1.54) is 7.11 Å². The topological polar surface area (TPSA) is 43.4 Å². The summed E-state index contributed by atoms with van der Waals surface area (Å²) in [5, 5.41) is 0. The van der Waals surface area contributed by atoms with Crippen molar-refractivity contribution in [1.29, 1.82) is 0 Å². The van der Waals surface area contributed by atoms with Crippen molar-refractivity contribution in [2.24, 2.45) is 0 Å². The first kappa shape index (κ1) is 11.9. The first-order valence-electron chi connectivity index (χ1n) is 4.42. The van der Waals surface area contributed by atoms with Crippen LogP contribution in [0.15, 0.2) is 18.2 Å². The molecular weight excluding hydrogens is 260 g/mol. The van der Waals surface area contributed by atoms with Crippen molar-refractivity contribution in [3.05, 3.63) is 29.3 Å². The van der Waals surface area contributed by atoms with Gasteiger partial charge < -0.3 is 4.74 Å². The van der Waals surface area contributed by atoms with Gasteiger partial charge in [-0.15, -0.1) is 0 Å². The molecule has 4 heteroatoms. The highest BCUT2D eigenvalue weighted by atomic mass is 79.9. The second-order valence-electron chi connectivity index (χ2n) is 3.02. The Morgan fingerprint density at radius 3 is 2.67 bits per heavy atom. The molecule has 3 nitrogen and oxygen atoms in total. The van der Waals surface area contributed by atoms with Crippen LogP contribution in [-0.4, -0.2) is 24.0 Å². The fourth-order valence-corrected chi connectivity index (χ4v) is 1.52. The number of halogens is 1. The van der Waals surface area contributed by atoms with Crippen molar-refractivity contribution < 1.29 is 14.3 Å². The number of aldehydes is 1. The number of alkyl halides is 1. The monoisotopic (exact) mass is 270 g/mol. The molecule has 1 unspecified atom stereocenters. The molecule has 0 bridgehead atoms. The average molecular weight is 271 g/mol. The summed E-state index contributed by atoms with van der Waals surface area (Å²) in [5.74, 6) is 0.292. The van der Waals surface area contributed by atoms with Crippen molar-refractivity contribution in [3.8, 4) is 5.75 Å². The number of benzene rings is 1. The number of carbonyl (C=O) groups is 2. The van der Waals surface area contributed by atoms with E-state index in [0.29, 0.717) is 23.2 Å². The van der Waals surface area contributed by atoms with E-state index in [9.17, 15) is 9.59 Å². The molecule has 1 aromatic rings.